The summed E-state index contributed by atoms with van der Waals surface area (Å²) in [6.07, 6.45) is 0. The van der Waals surface area contributed by atoms with Gasteiger partial charge in [0.15, 0.2) is 0 Å². The molecule has 2 unspecified atom stereocenters. The minimum atomic E-state index is -0.713. The zero-order chi connectivity index (χ0) is 59.0. The molecular weight excluding hydrogens is 1080 g/mol. The van der Waals surface area contributed by atoms with Gasteiger partial charge in [-0.2, -0.15) is 0 Å². The highest BCUT2D eigenvalue weighted by Gasteiger charge is 2.70. The fraction of sp³-hybridized carbons (Fsp3) is 0.122. The number of rotatable bonds is 7. The van der Waals surface area contributed by atoms with Crippen LogP contribution in [-0.4, -0.2) is 0 Å². The number of hydrogen-bond donors (Lipinski definition) is 0. The molecule has 0 N–H and O–H groups in total. The van der Waals surface area contributed by atoms with Gasteiger partial charge in [0.05, 0.1) is 0 Å². The van der Waals surface area contributed by atoms with Crippen LogP contribution in [0.5, 0.6) is 0 Å². The van der Waals surface area contributed by atoms with Crippen molar-refractivity contribution in [2.45, 2.75) is 52.4 Å². The van der Waals surface area contributed by atoms with E-state index in [9.17, 15) is 0 Å². The second-order valence-corrected chi connectivity index (χ2v) is 26.3. The van der Waals surface area contributed by atoms with Crippen molar-refractivity contribution in [3.63, 3.8) is 0 Å². The Bertz CT molecular complexity index is 5030. The van der Waals surface area contributed by atoms with E-state index in [1.165, 1.54) is 44.5 Å². The van der Waals surface area contributed by atoms with E-state index in [0.717, 1.165) is 122 Å². The van der Waals surface area contributed by atoms with Crippen LogP contribution in [-0.2, 0) is 10.8 Å². The van der Waals surface area contributed by atoms with Crippen LogP contribution in [0, 0.1) is 10.8 Å². The maximum absolute atomic E-state index is 6.50. The molecule has 6 heteroatoms. The third-order valence-electron chi connectivity index (χ3n) is 19.9. The Labute approximate surface area is 509 Å². The van der Waals surface area contributed by atoms with Gasteiger partial charge in [-0.1, -0.05) is 175 Å². The molecule has 422 valence electrons. The van der Waals surface area contributed by atoms with Crippen molar-refractivity contribution in [3.05, 3.63) is 277 Å². The van der Waals surface area contributed by atoms with Crippen LogP contribution in [0.2, 0.25) is 0 Å². The van der Waals surface area contributed by atoms with Crippen molar-refractivity contribution < 1.29 is 17.7 Å². The molecule has 0 aliphatic heterocycles. The maximum atomic E-state index is 6.50. The van der Waals surface area contributed by atoms with Gasteiger partial charge in [-0.25, -0.2) is 0 Å². The molecule has 0 spiro atoms. The lowest BCUT2D eigenvalue weighted by Crippen LogP contribution is -2.62. The molecule has 6 nitrogen and oxygen atoms in total. The van der Waals surface area contributed by atoms with E-state index in [1.54, 1.807) is 0 Å². The highest BCUT2D eigenvalue weighted by molar-refractivity contribution is 6.11. The lowest BCUT2D eigenvalue weighted by molar-refractivity contribution is 0.0594. The van der Waals surface area contributed by atoms with Gasteiger partial charge in [0.1, 0.15) is 44.7 Å². The fourth-order valence-electron chi connectivity index (χ4n) is 16.7. The minimum absolute atomic E-state index is 0.431. The molecule has 2 aliphatic carbocycles. The van der Waals surface area contributed by atoms with Gasteiger partial charge in [0.25, 0.3) is 0 Å². The first-order valence-electron chi connectivity index (χ1n) is 30.6. The first-order chi connectivity index (χ1) is 42.9. The van der Waals surface area contributed by atoms with E-state index in [1.807, 2.05) is 24.3 Å². The lowest BCUT2D eigenvalue weighted by atomic mass is 9.39. The van der Waals surface area contributed by atoms with Crippen molar-refractivity contribution in [3.8, 4) is 22.3 Å². The van der Waals surface area contributed by atoms with E-state index >= 15 is 0 Å². The molecule has 16 aromatic rings. The first kappa shape index (κ1) is 50.7. The SMILES string of the molecule is CC(C)(C)C1(C2(C(C)(C)C)c3ccccc3-c3ccc(N(c4ccc5oc6ccccc6c5c4)c4ccc5oc6ccccc6c5c4)cc32)c2ccccc2-c2ccc(N(c3ccc4oc5ccccc5c4c3)c3ccc4oc5ccccc5c4c3)cc21. The number of benzene rings is 12. The van der Waals surface area contributed by atoms with Crippen molar-refractivity contribution in [2.75, 3.05) is 9.80 Å². The quantitative estimate of drug-likeness (QED) is 0.158. The largest absolute Gasteiger partial charge is 0.456 e. The Balaban J connectivity index is 0.919. The highest BCUT2D eigenvalue weighted by Crippen LogP contribution is 2.75. The summed E-state index contributed by atoms with van der Waals surface area (Å²) in [7, 11) is 0. The zero-order valence-corrected chi connectivity index (χ0v) is 49.8. The smallest absolute Gasteiger partial charge is 0.135 e. The van der Waals surface area contributed by atoms with E-state index in [0.29, 0.717) is 0 Å². The molecule has 18 rings (SSSR count). The summed E-state index contributed by atoms with van der Waals surface area (Å²) in [5, 5.41) is 8.61. The van der Waals surface area contributed by atoms with Crippen LogP contribution in [0.15, 0.2) is 272 Å². The Morgan fingerprint density at radius 3 is 0.773 bits per heavy atom. The topological polar surface area (TPSA) is 59.0 Å². The third-order valence-corrected chi connectivity index (χ3v) is 19.9. The van der Waals surface area contributed by atoms with Crippen molar-refractivity contribution in [1.82, 2.24) is 0 Å². The number of para-hydroxylation sites is 4. The number of fused-ring (bicyclic) bond motifs is 18. The van der Waals surface area contributed by atoms with E-state index in [2.05, 4.69) is 282 Å². The Hall–Kier alpha value is -10.6. The first-order valence-corrected chi connectivity index (χ1v) is 30.6. The number of furan rings is 4. The number of nitrogens with zero attached hydrogens (tertiary/aromatic N) is 2. The van der Waals surface area contributed by atoms with Crippen LogP contribution in [0.4, 0.5) is 34.1 Å². The molecule has 0 radical (unpaired) electrons. The van der Waals surface area contributed by atoms with E-state index < -0.39 is 21.7 Å². The number of hydrogen-bond acceptors (Lipinski definition) is 6. The van der Waals surface area contributed by atoms with Crippen LogP contribution in [0.25, 0.3) is 110 Å². The zero-order valence-electron chi connectivity index (χ0n) is 49.8. The summed E-state index contributed by atoms with van der Waals surface area (Å²) in [4.78, 5) is 4.91. The average Bonchev–Trinajstić information content (AvgIpc) is 1.02. The van der Waals surface area contributed by atoms with Crippen LogP contribution in [0.3, 0.4) is 0 Å². The van der Waals surface area contributed by atoms with Gasteiger partial charge in [-0.05, 0) is 177 Å². The van der Waals surface area contributed by atoms with Crippen molar-refractivity contribution >= 4 is 122 Å². The predicted molar refractivity (Wildman–Crippen MR) is 363 cm³/mol. The second-order valence-electron chi connectivity index (χ2n) is 26.3. The third kappa shape index (κ3) is 6.77. The molecule has 2 atom stereocenters. The van der Waals surface area contributed by atoms with Crippen LogP contribution < -0.4 is 9.80 Å². The van der Waals surface area contributed by atoms with Gasteiger partial charge >= 0.3 is 0 Å². The molecule has 88 heavy (non-hydrogen) atoms. The minimum Gasteiger partial charge on any atom is -0.456 e. The van der Waals surface area contributed by atoms with Gasteiger partial charge < -0.3 is 27.5 Å². The molecule has 0 fully saturated rings. The maximum Gasteiger partial charge on any atom is 0.135 e. The number of anilines is 6. The summed E-state index contributed by atoms with van der Waals surface area (Å²) in [5.74, 6) is 0. The molecule has 4 heterocycles. The second kappa shape index (κ2) is 18.0. The summed E-state index contributed by atoms with van der Waals surface area (Å²) < 4.78 is 26.0. The average molecular weight is 1140 g/mol. The van der Waals surface area contributed by atoms with E-state index in [-0.39, 0.29) is 0 Å². The van der Waals surface area contributed by atoms with Crippen molar-refractivity contribution in [1.29, 1.82) is 0 Å². The molecule has 2 aliphatic rings. The Morgan fingerprint density at radius 1 is 0.227 bits per heavy atom. The summed E-state index contributed by atoms with van der Waals surface area (Å²) in [6.45, 7) is 15.0. The van der Waals surface area contributed by atoms with Gasteiger partial charge in [0.2, 0.25) is 0 Å². The molecule has 12 aromatic carbocycles. The highest BCUT2D eigenvalue weighted by atomic mass is 16.3. The normalized spacial score (nSPS) is 16.4. The van der Waals surface area contributed by atoms with Crippen LogP contribution in [0.1, 0.15) is 63.8 Å². The Kier molecular flexibility index (Phi) is 10.4. The Morgan fingerprint density at radius 2 is 0.466 bits per heavy atom. The standard InChI is InChI=1S/C82H60N2O4/c1-79(2,3)81(67-25-13-7-19-55(67)57-37-31-53(47-69(57)81)83(49-33-39-75-63(43-49)59-21-9-15-27-71(59)85-75)50-34-40-76-64(44-50)60-22-10-16-28-72(60)86-76)82(80(4,5)6)68-26-14-8-20-56(68)58-38-32-54(48-70(58)82)84(51-35-41-77-65(45-51)61-23-11-17-29-73(61)87-77)52-36-42-78-66(46-52)62-24-12-18-30-74(62)88-78/h7-48H,1-6H3. The molecule has 4 aromatic heterocycles. The fourth-order valence-corrected chi connectivity index (χ4v) is 16.7. The summed E-state index contributed by atoms with van der Waals surface area (Å²) >= 11 is 0. The molecule has 0 amide bonds. The molecule has 0 saturated heterocycles. The lowest BCUT2D eigenvalue weighted by Gasteiger charge is -2.62. The van der Waals surface area contributed by atoms with Gasteiger partial charge in [-0.15, -0.1) is 0 Å². The molecule has 0 bridgehead atoms. The summed E-state index contributed by atoms with van der Waals surface area (Å²) in [6, 6.07) is 93.4. The van der Waals surface area contributed by atoms with Crippen LogP contribution >= 0.6 is 0 Å². The molecule has 0 saturated carbocycles. The van der Waals surface area contributed by atoms with Gasteiger partial charge in [0, 0.05) is 88.0 Å². The van der Waals surface area contributed by atoms with E-state index in [4.69, 9.17) is 17.7 Å². The summed E-state index contributed by atoms with van der Waals surface area (Å²) in [5.41, 5.74) is 21.1. The van der Waals surface area contributed by atoms with Gasteiger partial charge in [-0.3, -0.25) is 0 Å². The predicted octanol–water partition coefficient (Wildman–Crippen LogP) is 23.5. The molecular formula is C82H60N2O4. The monoisotopic (exact) mass is 1140 g/mol. The van der Waals surface area contributed by atoms with Crippen molar-refractivity contribution in [2.24, 2.45) is 10.8 Å².